The molecule has 0 spiro atoms. The highest BCUT2D eigenvalue weighted by atomic mass is 19.4. The summed E-state index contributed by atoms with van der Waals surface area (Å²) in [5.41, 5.74) is 0.153. The number of benzene rings is 1. The Morgan fingerprint density at radius 1 is 1.18 bits per heavy atom. The Bertz CT molecular complexity index is 1320. The number of carbonyl (C=O) groups is 1. The van der Waals surface area contributed by atoms with Gasteiger partial charge in [0, 0.05) is 30.1 Å². The van der Waals surface area contributed by atoms with Crippen molar-refractivity contribution in [2.75, 3.05) is 5.32 Å². The van der Waals surface area contributed by atoms with Crippen molar-refractivity contribution >= 4 is 22.6 Å². The number of hydrogen-bond acceptors (Lipinski definition) is 4. The first-order valence-electron chi connectivity index (χ1n) is 9.65. The van der Waals surface area contributed by atoms with Crippen molar-refractivity contribution in [3.05, 3.63) is 59.5 Å². The van der Waals surface area contributed by atoms with Crippen LogP contribution in [-0.2, 0) is 24.6 Å². The van der Waals surface area contributed by atoms with Crippen LogP contribution in [0.15, 0.2) is 42.7 Å². The number of fused-ring (bicyclic) bond motifs is 1. The molecule has 33 heavy (non-hydrogen) atoms. The second-order valence-electron chi connectivity index (χ2n) is 7.37. The van der Waals surface area contributed by atoms with Crippen molar-refractivity contribution in [2.45, 2.75) is 26.1 Å². The summed E-state index contributed by atoms with van der Waals surface area (Å²) < 4.78 is 68.4. The molecule has 3 aromatic heterocycles. The number of pyridine rings is 1. The molecule has 1 N–H and O–H groups in total. The summed E-state index contributed by atoms with van der Waals surface area (Å²) in [5.74, 6) is -0.605. The van der Waals surface area contributed by atoms with E-state index in [0.717, 1.165) is 24.3 Å². The molecule has 7 nitrogen and oxygen atoms in total. The fraction of sp³-hybridized carbons (Fsp3) is 0.238. The second kappa shape index (κ2) is 8.26. The average molecular weight is 464 g/mol. The summed E-state index contributed by atoms with van der Waals surface area (Å²) in [7, 11) is 1.68. The summed E-state index contributed by atoms with van der Waals surface area (Å²) in [6.45, 7) is 1.15. The van der Waals surface area contributed by atoms with Gasteiger partial charge < -0.3 is 5.32 Å². The van der Waals surface area contributed by atoms with E-state index in [9.17, 15) is 26.7 Å². The molecule has 172 valence electrons. The van der Waals surface area contributed by atoms with E-state index in [0.29, 0.717) is 5.56 Å². The van der Waals surface area contributed by atoms with Gasteiger partial charge in [0.1, 0.15) is 6.54 Å². The summed E-state index contributed by atoms with van der Waals surface area (Å²) in [6, 6.07) is 5.21. The molecule has 0 fully saturated rings. The predicted molar refractivity (Wildman–Crippen MR) is 109 cm³/mol. The molecule has 12 heteroatoms. The van der Waals surface area contributed by atoms with Crippen LogP contribution in [-0.4, -0.2) is 30.5 Å². The number of rotatable bonds is 5. The van der Waals surface area contributed by atoms with E-state index < -0.39 is 24.1 Å². The molecular weight excluding hydrogens is 447 g/mol. The molecule has 0 aliphatic heterocycles. The average Bonchev–Trinajstić information content (AvgIpc) is 3.30. The molecule has 0 atom stereocenters. The monoisotopic (exact) mass is 464 g/mol. The lowest BCUT2D eigenvalue weighted by Gasteiger charge is -2.10. The number of nitrogens with zero attached hydrogens (tertiary/aromatic N) is 5. The topological polar surface area (TPSA) is 77.6 Å². The highest BCUT2D eigenvalue weighted by Crippen LogP contribution is 2.33. The zero-order valence-corrected chi connectivity index (χ0v) is 17.4. The zero-order valence-electron chi connectivity index (χ0n) is 17.4. The van der Waals surface area contributed by atoms with Gasteiger partial charge in [-0.15, -0.1) is 0 Å². The zero-order chi connectivity index (χ0) is 23.9. The highest BCUT2D eigenvalue weighted by molar-refractivity contribution is 5.92. The Labute approximate surface area is 183 Å². The van der Waals surface area contributed by atoms with E-state index in [4.69, 9.17) is 0 Å². The minimum atomic E-state index is -4.49. The molecule has 1 amide bonds. The maximum absolute atomic E-state index is 13.8. The number of anilines is 1. The molecule has 0 bridgehead atoms. The minimum Gasteiger partial charge on any atom is -0.324 e. The van der Waals surface area contributed by atoms with Crippen molar-refractivity contribution in [1.82, 2.24) is 24.5 Å². The van der Waals surface area contributed by atoms with Gasteiger partial charge in [0.15, 0.2) is 5.65 Å². The molecule has 4 aromatic rings. The van der Waals surface area contributed by atoms with Crippen LogP contribution in [0.5, 0.6) is 0 Å². The SMILES string of the molecule is Cc1nn(CC(=O)Nc2ccc(C(F)(F)F)cc2)c2nc(-c3cnn(C)c3)cc(C(F)F)c12. The molecule has 0 saturated carbocycles. The molecular formula is C21H17F5N6O. The Morgan fingerprint density at radius 3 is 2.45 bits per heavy atom. The standard InChI is InChI=1S/C21H17F5N6O/c1-11-18-15(19(22)23)7-16(12-8-27-31(2)9-12)29-20(18)32(30-11)10-17(33)28-14-5-3-13(4-6-14)21(24,25)26/h3-9,19H,10H2,1-2H3,(H,28,33). The molecule has 1 aromatic carbocycles. The van der Waals surface area contributed by atoms with Crippen molar-refractivity contribution in [3.63, 3.8) is 0 Å². The van der Waals surface area contributed by atoms with Crippen molar-refractivity contribution in [1.29, 1.82) is 0 Å². The summed E-state index contributed by atoms with van der Waals surface area (Å²) in [5, 5.41) is 10.8. The van der Waals surface area contributed by atoms with E-state index in [1.165, 1.54) is 28.6 Å². The number of halogens is 5. The predicted octanol–water partition coefficient (Wildman–Crippen LogP) is 4.74. The molecule has 0 radical (unpaired) electrons. The van der Waals surface area contributed by atoms with Gasteiger partial charge in [0.05, 0.1) is 28.5 Å². The van der Waals surface area contributed by atoms with Crippen molar-refractivity contribution in [2.24, 2.45) is 7.05 Å². The fourth-order valence-electron chi connectivity index (χ4n) is 3.45. The quantitative estimate of drug-likeness (QED) is 0.433. The van der Waals surface area contributed by atoms with Gasteiger partial charge in [-0.3, -0.25) is 9.48 Å². The smallest absolute Gasteiger partial charge is 0.324 e. The van der Waals surface area contributed by atoms with Crippen LogP contribution in [0.2, 0.25) is 0 Å². The third kappa shape index (κ3) is 4.54. The van der Waals surface area contributed by atoms with Gasteiger partial charge in [-0.2, -0.15) is 23.4 Å². The molecule has 0 aliphatic carbocycles. The van der Waals surface area contributed by atoms with Crippen LogP contribution >= 0.6 is 0 Å². The van der Waals surface area contributed by atoms with E-state index >= 15 is 0 Å². The lowest BCUT2D eigenvalue weighted by atomic mass is 10.1. The molecule has 0 aliphatic rings. The van der Waals surface area contributed by atoms with E-state index in [-0.39, 0.29) is 40.2 Å². The van der Waals surface area contributed by atoms with Gasteiger partial charge >= 0.3 is 6.18 Å². The van der Waals surface area contributed by atoms with Gasteiger partial charge in [-0.25, -0.2) is 18.4 Å². The van der Waals surface area contributed by atoms with Gasteiger partial charge in [0.2, 0.25) is 5.91 Å². The number of aryl methyl sites for hydroxylation is 2. The van der Waals surface area contributed by atoms with E-state index in [1.54, 1.807) is 13.2 Å². The number of aromatic nitrogens is 5. The van der Waals surface area contributed by atoms with Crippen LogP contribution in [0, 0.1) is 6.92 Å². The number of alkyl halides is 5. The van der Waals surface area contributed by atoms with Crippen LogP contribution in [0.3, 0.4) is 0 Å². The number of carbonyl (C=O) groups excluding carboxylic acids is 1. The maximum Gasteiger partial charge on any atom is 0.416 e. The molecule has 4 rings (SSSR count). The summed E-state index contributed by atoms with van der Waals surface area (Å²) >= 11 is 0. The van der Waals surface area contributed by atoms with Crippen LogP contribution in [0.1, 0.15) is 23.2 Å². The molecule has 0 saturated heterocycles. The summed E-state index contributed by atoms with van der Waals surface area (Å²) in [6.07, 6.45) is -4.19. The lowest BCUT2D eigenvalue weighted by molar-refractivity contribution is -0.137. The van der Waals surface area contributed by atoms with E-state index in [1.807, 2.05) is 0 Å². The first-order chi connectivity index (χ1) is 15.5. The summed E-state index contributed by atoms with van der Waals surface area (Å²) in [4.78, 5) is 16.9. The van der Waals surface area contributed by atoms with Crippen molar-refractivity contribution in [3.8, 4) is 11.3 Å². The van der Waals surface area contributed by atoms with Crippen molar-refractivity contribution < 1.29 is 26.7 Å². The Hall–Kier alpha value is -3.83. The first-order valence-corrected chi connectivity index (χ1v) is 9.65. The van der Waals surface area contributed by atoms with Crippen LogP contribution < -0.4 is 5.32 Å². The highest BCUT2D eigenvalue weighted by Gasteiger charge is 2.30. The van der Waals surface area contributed by atoms with Gasteiger partial charge in [-0.1, -0.05) is 0 Å². The molecule has 3 heterocycles. The Morgan fingerprint density at radius 2 is 1.88 bits per heavy atom. The third-order valence-electron chi connectivity index (χ3n) is 4.93. The Kier molecular flexibility index (Phi) is 5.60. The fourth-order valence-corrected chi connectivity index (χ4v) is 3.45. The Balaban J connectivity index is 1.66. The van der Waals surface area contributed by atoms with Gasteiger partial charge in [-0.05, 0) is 37.3 Å². The number of nitrogens with one attached hydrogen (secondary N) is 1. The van der Waals surface area contributed by atoms with Crippen LogP contribution in [0.4, 0.5) is 27.6 Å². The van der Waals surface area contributed by atoms with E-state index in [2.05, 4.69) is 20.5 Å². The second-order valence-corrected chi connectivity index (χ2v) is 7.37. The van der Waals surface area contributed by atoms with Crippen LogP contribution in [0.25, 0.3) is 22.3 Å². The lowest BCUT2D eigenvalue weighted by Crippen LogP contribution is -2.20. The number of hydrogen-bond donors (Lipinski definition) is 1. The first kappa shape index (κ1) is 22.4. The normalized spacial score (nSPS) is 12.0. The number of amides is 1. The minimum absolute atomic E-state index is 0.0896. The maximum atomic E-state index is 13.8. The third-order valence-corrected chi connectivity index (χ3v) is 4.93. The largest absolute Gasteiger partial charge is 0.416 e. The van der Waals surface area contributed by atoms with Gasteiger partial charge in [0.25, 0.3) is 6.43 Å². The molecule has 0 unspecified atom stereocenters.